The molecule has 0 spiro atoms. The summed E-state index contributed by atoms with van der Waals surface area (Å²) >= 11 is -6.67. The second-order valence-electron chi connectivity index (χ2n) is 12.8. The molecule has 0 N–H and O–H groups in total. The van der Waals surface area contributed by atoms with Gasteiger partial charge >= 0.3 is 282 Å². The molecule has 47 heavy (non-hydrogen) atoms. The number of hydrogen-bond acceptors (Lipinski definition) is 5. The summed E-state index contributed by atoms with van der Waals surface area (Å²) in [6, 6.07) is 0. The molecule has 6 heterocycles. The van der Waals surface area contributed by atoms with Crippen LogP contribution in [0.1, 0.15) is 99.9 Å². The predicted molar refractivity (Wildman–Crippen MR) is 186 cm³/mol. The quantitative estimate of drug-likeness (QED) is 0.162. The number of aldehydes is 1. The average Bonchev–Trinajstić information content (AvgIpc) is 3.67. The summed E-state index contributed by atoms with van der Waals surface area (Å²) < 4.78 is 43.9. The molecule has 246 valence electrons. The van der Waals surface area contributed by atoms with E-state index in [0.29, 0.717) is 64.0 Å². The zero-order chi connectivity index (χ0) is 33.8. The maximum atomic E-state index is 18.1. The number of aromatic nitrogens is 2. The van der Waals surface area contributed by atoms with E-state index in [9.17, 15) is 9.59 Å². The number of fused-ring (bicyclic) bond motifs is 2. The van der Waals surface area contributed by atoms with Gasteiger partial charge in [0, 0.05) is 0 Å². The van der Waals surface area contributed by atoms with E-state index in [-0.39, 0.29) is 18.8 Å². The molecule has 0 unspecified atom stereocenters. The number of carbonyl (C=O) groups is 2. The Morgan fingerprint density at radius 3 is 2.15 bits per heavy atom. The molecule has 0 atom stereocenters. The molecule has 0 saturated heterocycles. The van der Waals surface area contributed by atoms with E-state index in [2.05, 4.69) is 13.8 Å². The van der Waals surface area contributed by atoms with E-state index < -0.39 is 20.1 Å². The van der Waals surface area contributed by atoms with Crippen molar-refractivity contribution in [2.24, 2.45) is 9.98 Å². The van der Waals surface area contributed by atoms with Crippen LogP contribution in [-0.2, 0) is 27.2 Å². The van der Waals surface area contributed by atoms with Gasteiger partial charge in [-0.2, -0.15) is 0 Å². The second-order valence-corrected chi connectivity index (χ2v) is 18.2. The molecule has 7 nitrogen and oxygen atoms in total. The van der Waals surface area contributed by atoms with E-state index in [1.807, 2.05) is 45.9 Å². The van der Waals surface area contributed by atoms with Crippen LogP contribution < -0.4 is 10.7 Å². The number of nitrogens with zero attached hydrogens (tertiary/aromatic N) is 4. The fourth-order valence-corrected chi connectivity index (χ4v) is 13.8. The van der Waals surface area contributed by atoms with E-state index >= 15 is 5.73 Å². The SMILES string of the molecule is CCCC1=C(C)C2=Cc3c(CCC=O)c(C)c4[n]3[Sn]([F])([F])[n]3c(c(C)c(CCC)c3=CC1=N2)=CC1=NC(=C4)C(CCC(=O)OC)=C1C. The zero-order valence-corrected chi connectivity index (χ0v) is 31.2. The molecule has 0 saturated carbocycles. The standard InChI is InChI=1S/C37H42N4O3.2FH.Sn/c1-8-11-25-21(3)29-17-30-24(6)28(14-15-37(43)44-7)34(38-30)19-32-23(5)27(13-10-16-42)33(40-32)18-31-22(4)26(12-9-2)36(41-31)20-35(25)39-29;;;/h16-20H,8-15H2,1-7H3;2*1H;/q-2;;;+4/p-2. The number of esters is 1. The molecule has 2 aromatic heterocycles. The van der Waals surface area contributed by atoms with Crippen molar-refractivity contribution in [3.8, 4) is 0 Å². The Morgan fingerprint density at radius 2 is 1.47 bits per heavy atom. The number of halogens is 2. The number of carbonyl (C=O) groups excluding carboxylic acids is 2. The monoisotopic (exact) mass is 748 g/mol. The molecule has 4 aliphatic rings. The van der Waals surface area contributed by atoms with Gasteiger partial charge in [-0.25, -0.2) is 0 Å². The Morgan fingerprint density at radius 1 is 0.787 bits per heavy atom. The van der Waals surface area contributed by atoms with E-state index in [4.69, 9.17) is 14.7 Å². The number of hydrogen-bond donors (Lipinski definition) is 0. The third kappa shape index (κ3) is 5.38. The summed E-state index contributed by atoms with van der Waals surface area (Å²) in [6.45, 7) is 12.0. The van der Waals surface area contributed by atoms with E-state index in [1.54, 1.807) is 6.08 Å². The van der Waals surface area contributed by atoms with Crippen molar-refractivity contribution in [2.45, 2.75) is 92.9 Å². The third-order valence-corrected chi connectivity index (χ3v) is 15.8. The third-order valence-electron chi connectivity index (χ3n) is 9.98. The van der Waals surface area contributed by atoms with Gasteiger partial charge in [0.15, 0.2) is 0 Å². The van der Waals surface area contributed by atoms with Crippen LogP contribution in [0.2, 0.25) is 0 Å². The average molecular weight is 747 g/mol. The Hall–Kier alpha value is -3.60. The summed E-state index contributed by atoms with van der Waals surface area (Å²) in [4.78, 5) is 34.0. The Bertz CT molecular complexity index is 2050. The maximum absolute atomic E-state index is 18.1. The molecular weight excluding hydrogens is 705 g/mol. The van der Waals surface area contributed by atoms with Gasteiger partial charge in [0.2, 0.25) is 0 Å². The van der Waals surface area contributed by atoms with E-state index in [1.165, 1.54) is 12.7 Å². The van der Waals surface area contributed by atoms with Crippen molar-refractivity contribution in [1.82, 2.24) is 5.58 Å². The summed E-state index contributed by atoms with van der Waals surface area (Å²) in [7, 11) is 1.36. The minimum absolute atomic E-state index is 0.154. The number of methoxy groups -OCH3 is 1. The van der Waals surface area contributed by atoms with Crippen LogP contribution >= 0.6 is 0 Å². The summed E-state index contributed by atoms with van der Waals surface area (Å²) in [5.41, 5.74) is 10.5. The zero-order valence-electron chi connectivity index (χ0n) is 28.3. The molecular formula is C37H42F2N4O3Sn. The number of allylic oxidation sites excluding steroid dienone is 4. The molecule has 0 radical (unpaired) electrons. The van der Waals surface area contributed by atoms with Gasteiger partial charge in [0.1, 0.15) is 0 Å². The number of rotatable bonds is 10. The summed E-state index contributed by atoms with van der Waals surface area (Å²) in [5, 5.41) is 1.01. The first-order valence-corrected chi connectivity index (χ1v) is 21.3. The van der Waals surface area contributed by atoms with Crippen LogP contribution in [0.4, 0.5) is 5.73 Å². The van der Waals surface area contributed by atoms with Crippen LogP contribution in [0.3, 0.4) is 0 Å². The first-order chi connectivity index (χ1) is 22.5. The Labute approximate surface area is 280 Å². The molecule has 0 aliphatic carbocycles. The van der Waals surface area contributed by atoms with Gasteiger partial charge in [-0.3, -0.25) is 0 Å². The molecule has 4 aliphatic heterocycles. The second kappa shape index (κ2) is 12.8. The van der Waals surface area contributed by atoms with Crippen molar-refractivity contribution < 1.29 is 20.1 Å². The first kappa shape index (κ1) is 33.3. The van der Waals surface area contributed by atoms with Gasteiger partial charge < -0.3 is 0 Å². The van der Waals surface area contributed by atoms with Crippen LogP contribution in [-0.4, -0.2) is 56.4 Å². The van der Waals surface area contributed by atoms with Crippen molar-refractivity contribution in [2.75, 3.05) is 7.11 Å². The topological polar surface area (TPSA) is 78.0 Å². The molecule has 2 aromatic rings. The van der Waals surface area contributed by atoms with Gasteiger partial charge in [-0.1, -0.05) is 0 Å². The summed E-state index contributed by atoms with van der Waals surface area (Å²) in [6.07, 6.45) is 12.4. The van der Waals surface area contributed by atoms with E-state index in [0.717, 1.165) is 70.2 Å². The minimum atomic E-state index is -6.67. The first-order valence-electron chi connectivity index (χ1n) is 16.6. The fourth-order valence-electron chi connectivity index (χ4n) is 7.47. The Balaban J connectivity index is 1.83. The molecule has 6 bridgehead atoms. The van der Waals surface area contributed by atoms with Gasteiger partial charge in [-0.15, -0.1) is 0 Å². The number of ether oxygens (including phenoxy) is 1. The fraction of sp³-hybridized carbons (Fsp3) is 0.405. The van der Waals surface area contributed by atoms with Crippen LogP contribution in [0, 0.1) is 13.8 Å². The molecule has 0 fully saturated rings. The van der Waals surface area contributed by atoms with Crippen LogP contribution in [0.5, 0.6) is 0 Å². The number of aliphatic imine (C=N–C) groups is 2. The molecule has 6 rings (SSSR count). The Kier molecular flexibility index (Phi) is 9.06. The summed E-state index contributed by atoms with van der Waals surface area (Å²) in [5.74, 6) is -0.339. The normalized spacial score (nSPS) is 17.5. The van der Waals surface area contributed by atoms with Crippen molar-refractivity contribution >= 4 is 68.1 Å². The predicted octanol–water partition coefficient (Wildman–Crippen LogP) is 6.33. The van der Waals surface area contributed by atoms with Crippen molar-refractivity contribution in [3.05, 3.63) is 78.0 Å². The van der Waals surface area contributed by atoms with Crippen molar-refractivity contribution in [1.29, 1.82) is 0 Å². The van der Waals surface area contributed by atoms with Crippen LogP contribution in [0.15, 0.2) is 43.7 Å². The molecule has 0 amide bonds. The molecule has 10 heteroatoms. The van der Waals surface area contributed by atoms with Crippen LogP contribution in [0.25, 0.3) is 24.3 Å². The van der Waals surface area contributed by atoms with Gasteiger partial charge in [0.05, 0.1) is 0 Å². The van der Waals surface area contributed by atoms with Crippen molar-refractivity contribution in [3.63, 3.8) is 0 Å². The van der Waals surface area contributed by atoms with Gasteiger partial charge in [0.25, 0.3) is 0 Å². The van der Waals surface area contributed by atoms with Gasteiger partial charge in [-0.05, 0) is 0 Å². The molecule has 0 aromatic carbocycles.